The van der Waals surface area contributed by atoms with Gasteiger partial charge in [-0.3, -0.25) is 14.5 Å². The van der Waals surface area contributed by atoms with Gasteiger partial charge in [-0.15, -0.1) is 0 Å². The second-order valence-electron chi connectivity index (χ2n) is 7.96. The number of nitrogens with one attached hydrogen (secondary N) is 2. The molecule has 0 saturated carbocycles. The average molecular weight is 351 g/mol. The van der Waals surface area contributed by atoms with E-state index in [4.69, 9.17) is 0 Å². The minimum atomic E-state index is 0.129. The summed E-state index contributed by atoms with van der Waals surface area (Å²) in [7, 11) is 0. The zero-order valence-corrected chi connectivity index (χ0v) is 15.6. The molecule has 6 nitrogen and oxygen atoms in total. The predicted octanol–water partition coefficient (Wildman–Crippen LogP) is 0.968. The summed E-state index contributed by atoms with van der Waals surface area (Å²) in [6, 6.07) is 0.455. The Kier molecular flexibility index (Phi) is 6.70. The molecule has 0 aromatic rings. The molecular weight excluding hydrogens is 316 g/mol. The summed E-state index contributed by atoms with van der Waals surface area (Å²) in [4.78, 5) is 29.0. The lowest BCUT2D eigenvalue weighted by Gasteiger charge is -2.38. The van der Waals surface area contributed by atoms with Gasteiger partial charge in [0.25, 0.3) is 0 Å². The number of piperidine rings is 2. The molecule has 3 heterocycles. The summed E-state index contributed by atoms with van der Waals surface area (Å²) in [5, 5.41) is 6.42. The van der Waals surface area contributed by atoms with Crippen molar-refractivity contribution in [2.45, 2.75) is 64.0 Å². The van der Waals surface area contributed by atoms with Crippen molar-refractivity contribution >= 4 is 11.8 Å². The summed E-state index contributed by atoms with van der Waals surface area (Å²) < 4.78 is 0. The zero-order chi connectivity index (χ0) is 17.6. The number of carbonyl (C=O) groups excluding carboxylic acids is 2. The van der Waals surface area contributed by atoms with Crippen LogP contribution in [0.15, 0.2) is 0 Å². The van der Waals surface area contributed by atoms with E-state index in [-0.39, 0.29) is 17.9 Å². The van der Waals surface area contributed by atoms with Gasteiger partial charge < -0.3 is 15.5 Å². The summed E-state index contributed by atoms with van der Waals surface area (Å²) in [5.41, 5.74) is 0. The molecule has 0 spiro atoms. The van der Waals surface area contributed by atoms with Crippen LogP contribution in [0.25, 0.3) is 0 Å². The van der Waals surface area contributed by atoms with Crippen LogP contribution in [-0.4, -0.2) is 73.0 Å². The standard InChI is InChI=1S/C19H34N4O2/c1-2-15-7-11-22(12-8-15)14-19(25)23(17-5-9-20-10-6-17)13-16-3-4-18(24)21-16/h15-17,20H,2-14H2,1H3,(H,21,24). The molecule has 3 rings (SSSR count). The van der Waals surface area contributed by atoms with Crippen molar-refractivity contribution < 1.29 is 9.59 Å². The molecule has 0 aromatic carbocycles. The normalized spacial score (nSPS) is 26.6. The number of nitrogens with zero attached hydrogens (tertiary/aromatic N) is 2. The van der Waals surface area contributed by atoms with Gasteiger partial charge in [0.15, 0.2) is 0 Å². The first-order valence-electron chi connectivity index (χ1n) is 10.2. The minimum absolute atomic E-state index is 0.129. The maximum atomic E-state index is 13.1. The highest BCUT2D eigenvalue weighted by atomic mass is 16.2. The van der Waals surface area contributed by atoms with Crippen LogP contribution in [0.2, 0.25) is 0 Å². The first-order valence-corrected chi connectivity index (χ1v) is 10.2. The van der Waals surface area contributed by atoms with E-state index in [0.29, 0.717) is 25.6 Å². The van der Waals surface area contributed by atoms with Crippen LogP contribution in [0, 0.1) is 5.92 Å². The fourth-order valence-corrected chi connectivity index (χ4v) is 4.46. The lowest BCUT2D eigenvalue weighted by molar-refractivity contribution is -0.136. The van der Waals surface area contributed by atoms with Gasteiger partial charge in [-0.2, -0.15) is 0 Å². The first kappa shape index (κ1) is 18.6. The second kappa shape index (κ2) is 8.99. The molecule has 3 aliphatic rings. The Morgan fingerprint density at radius 3 is 2.48 bits per heavy atom. The lowest BCUT2D eigenvalue weighted by Crippen LogP contribution is -2.53. The highest BCUT2D eigenvalue weighted by Crippen LogP contribution is 2.21. The Hall–Kier alpha value is -1.14. The summed E-state index contributed by atoms with van der Waals surface area (Å²) >= 11 is 0. The Labute approximate surface area is 151 Å². The summed E-state index contributed by atoms with van der Waals surface area (Å²) in [6.45, 7) is 7.54. The van der Waals surface area contributed by atoms with Gasteiger partial charge >= 0.3 is 0 Å². The van der Waals surface area contributed by atoms with Gasteiger partial charge in [-0.1, -0.05) is 13.3 Å². The molecule has 1 atom stereocenters. The fraction of sp³-hybridized carbons (Fsp3) is 0.895. The van der Waals surface area contributed by atoms with Crippen LogP contribution in [0.5, 0.6) is 0 Å². The van der Waals surface area contributed by atoms with E-state index < -0.39 is 0 Å². The number of carbonyl (C=O) groups is 2. The minimum Gasteiger partial charge on any atom is -0.352 e. The van der Waals surface area contributed by atoms with Crippen molar-refractivity contribution in [1.29, 1.82) is 0 Å². The van der Waals surface area contributed by atoms with Crippen LogP contribution in [0.1, 0.15) is 51.9 Å². The zero-order valence-electron chi connectivity index (χ0n) is 15.6. The van der Waals surface area contributed by atoms with E-state index in [1.165, 1.54) is 19.3 Å². The smallest absolute Gasteiger partial charge is 0.237 e. The van der Waals surface area contributed by atoms with Crippen molar-refractivity contribution in [3.8, 4) is 0 Å². The Bertz CT molecular complexity index is 456. The molecule has 3 fully saturated rings. The Morgan fingerprint density at radius 1 is 1.16 bits per heavy atom. The SMILES string of the molecule is CCC1CCN(CC(=O)N(CC2CCC(=O)N2)C2CCNCC2)CC1. The van der Waals surface area contributed by atoms with Crippen molar-refractivity contribution in [2.75, 3.05) is 39.3 Å². The van der Waals surface area contributed by atoms with Gasteiger partial charge in [-0.05, 0) is 64.2 Å². The van der Waals surface area contributed by atoms with E-state index in [2.05, 4.69) is 27.4 Å². The molecule has 3 saturated heterocycles. The molecule has 3 aliphatic heterocycles. The number of likely N-dealkylation sites (tertiary alicyclic amines) is 1. The predicted molar refractivity (Wildman–Crippen MR) is 98.2 cm³/mol. The molecule has 6 heteroatoms. The molecule has 0 aromatic heterocycles. The largest absolute Gasteiger partial charge is 0.352 e. The Morgan fingerprint density at radius 2 is 1.88 bits per heavy atom. The van der Waals surface area contributed by atoms with Gasteiger partial charge in [0.05, 0.1) is 6.54 Å². The monoisotopic (exact) mass is 350 g/mol. The van der Waals surface area contributed by atoms with Crippen LogP contribution in [0.3, 0.4) is 0 Å². The van der Waals surface area contributed by atoms with E-state index in [1.807, 2.05) is 0 Å². The summed E-state index contributed by atoms with van der Waals surface area (Å²) in [5.74, 6) is 1.22. The van der Waals surface area contributed by atoms with Crippen LogP contribution < -0.4 is 10.6 Å². The van der Waals surface area contributed by atoms with Crippen LogP contribution in [-0.2, 0) is 9.59 Å². The van der Waals surface area contributed by atoms with E-state index in [0.717, 1.165) is 51.4 Å². The topological polar surface area (TPSA) is 64.7 Å². The van der Waals surface area contributed by atoms with E-state index >= 15 is 0 Å². The molecule has 0 bridgehead atoms. The van der Waals surface area contributed by atoms with Gasteiger partial charge in [0.1, 0.15) is 0 Å². The van der Waals surface area contributed by atoms with E-state index in [9.17, 15) is 9.59 Å². The van der Waals surface area contributed by atoms with Crippen LogP contribution >= 0.6 is 0 Å². The maximum absolute atomic E-state index is 13.1. The van der Waals surface area contributed by atoms with Gasteiger partial charge in [0, 0.05) is 25.0 Å². The first-order chi connectivity index (χ1) is 12.2. The van der Waals surface area contributed by atoms with Crippen molar-refractivity contribution in [1.82, 2.24) is 20.4 Å². The van der Waals surface area contributed by atoms with Crippen molar-refractivity contribution in [2.24, 2.45) is 5.92 Å². The molecule has 2 amide bonds. The molecule has 25 heavy (non-hydrogen) atoms. The van der Waals surface area contributed by atoms with Crippen molar-refractivity contribution in [3.63, 3.8) is 0 Å². The molecular formula is C19H34N4O2. The van der Waals surface area contributed by atoms with Crippen molar-refractivity contribution in [3.05, 3.63) is 0 Å². The Balaban J connectivity index is 1.57. The number of amides is 2. The molecule has 0 radical (unpaired) electrons. The van der Waals surface area contributed by atoms with Crippen LogP contribution in [0.4, 0.5) is 0 Å². The molecule has 1 unspecified atom stereocenters. The summed E-state index contributed by atoms with van der Waals surface area (Å²) in [6.07, 6.45) is 7.18. The quantitative estimate of drug-likeness (QED) is 0.749. The number of hydrogen-bond acceptors (Lipinski definition) is 4. The number of rotatable bonds is 6. The average Bonchev–Trinajstić information content (AvgIpc) is 3.06. The lowest BCUT2D eigenvalue weighted by atomic mass is 9.94. The maximum Gasteiger partial charge on any atom is 0.237 e. The fourth-order valence-electron chi connectivity index (χ4n) is 4.46. The molecule has 0 aliphatic carbocycles. The molecule has 2 N–H and O–H groups in total. The molecule has 142 valence electrons. The van der Waals surface area contributed by atoms with E-state index in [1.54, 1.807) is 0 Å². The third-order valence-electron chi connectivity index (χ3n) is 6.22. The van der Waals surface area contributed by atoms with Gasteiger partial charge in [-0.25, -0.2) is 0 Å². The highest BCUT2D eigenvalue weighted by Gasteiger charge is 2.31. The number of hydrogen-bond donors (Lipinski definition) is 2. The highest BCUT2D eigenvalue weighted by molar-refractivity contribution is 5.80. The second-order valence-corrected chi connectivity index (χ2v) is 7.96. The third kappa shape index (κ3) is 5.17. The third-order valence-corrected chi connectivity index (χ3v) is 6.22. The van der Waals surface area contributed by atoms with Gasteiger partial charge in [0.2, 0.25) is 11.8 Å².